The van der Waals surface area contributed by atoms with Crippen LogP contribution in [0.25, 0.3) is 0 Å². The van der Waals surface area contributed by atoms with Crippen LogP contribution in [0.3, 0.4) is 0 Å². The number of hydrogen-bond donors (Lipinski definition) is 1. The highest BCUT2D eigenvalue weighted by Gasteiger charge is 2.20. The van der Waals surface area contributed by atoms with Crippen LogP contribution in [0.4, 0.5) is 11.4 Å². The van der Waals surface area contributed by atoms with E-state index in [1.54, 1.807) is 0 Å². The maximum Gasteiger partial charge on any atom is 0.317 e. The van der Waals surface area contributed by atoms with E-state index in [2.05, 4.69) is 5.32 Å². The number of esters is 1. The molecule has 0 aromatic heterocycles. The first kappa shape index (κ1) is 21.2. The zero-order valence-corrected chi connectivity index (χ0v) is 16.4. The number of benzene rings is 2. The van der Waals surface area contributed by atoms with Gasteiger partial charge in [0.15, 0.2) is 6.10 Å². The van der Waals surface area contributed by atoms with E-state index in [9.17, 15) is 19.7 Å². The summed E-state index contributed by atoms with van der Waals surface area (Å²) in [7, 11) is 1.33. The number of nitrogens with one attached hydrogen (secondary N) is 1. The third-order valence-corrected chi connectivity index (χ3v) is 4.92. The van der Waals surface area contributed by atoms with Gasteiger partial charge in [0.2, 0.25) is 0 Å². The van der Waals surface area contributed by atoms with Crippen LogP contribution in [0.15, 0.2) is 47.4 Å². The smallest absolute Gasteiger partial charge is 0.317 e. The van der Waals surface area contributed by atoms with Crippen molar-refractivity contribution in [3.8, 4) is 5.75 Å². The van der Waals surface area contributed by atoms with Gasteiger partial charge in [-0.1, -0.05) is 18.2 Å². The lowest BCUT2D eigenvalue weighted by Gasteiger charge is -2.15. The monoisotopic (exact) mass is 404 g/mol. The number of amides is 1. The molecule has 1 amide bonds. The summed E-state index contributed by atoms with van der Waals surface area (Å²) in [6.07, 6.45) is -1.04. The Morgan fingerprint density at radius 2 is 1.96 bits per heavy atom. The van der Waals surface area contributed by atoms with Gasteiger partial charge in [-0.05, 0) is 31.5 Å². The van der Waals surface area contributed by atoms with Crippen molar-refractivity contribution >= 4 is 35.0 Å². The molecule has 2 aromatic carbocycles. The number of non-ortho nitro benzene ring substituents is 1. The lowest BCUT2D eigenvalue weighted by Crippen LogP contribution is -2.30. The van der Waals surface area contributed by atoms with E-state index >= 15 is 0 Å². The van der Waals surface area contributed by atoms with Crippen LogP contribution in [0.1, 0.15) is 12.5 Å². The van der Waals surface area contributed by atoms with Crippen molar-refractivity contribution in [2.24, 2.45) is 0 Å². The summed E-state index contributed by atoms with van der Waals surface area (Å²) in [5.74, 6) is -0.882. The van der Waals surface area contributed by atoms with Crippen LogP contribution >= 0.6 is 11.8 Å². The number of rotatable bonds is 8. The Hall–Kier alpha value is -3.07. The summed E-state index contributed by atoms with van der Waals surface area (Å²) in [5, 5.41) is 13.4. The van der Waals surface area contributed by atoms with Gasteiger partial charge in [-0.15, -0.1) is 11.8 Å². The van der Waals surface area contributed by atoms with Gasteiger partial charge in [-0.3, -0.25) is 19.7 Å². The average molecular weight is 404 g/mol. The lowest BCUT2D eigenvalue weighted by molar-refractivity contribution is -0.384. The fourth-order valence-electron chi connectivity index (χ4n) is 2.27. The SMILES string of the molecule is COc1cc([N+](=O)[O-])ccc1NC(=O)[C@@H](C)OC(=O)CSc1ccccc1C. The Balaban J connectivity index is 1.92. The molecule has 1 atom stereocenters. The second-order valence-electron chi connectivity index (χ2n) is 5.82. The van der Waals surface area contributed by atoms with Gasteiger partial charge < -0.3 is 14.8 Å². The quantitative estimate of drug-likeness (QED) is 0.310. The maximum atomic E-state index is 12.3. The number of aryl methyl sites for hydroxylation is 1. The van der Waals surface area contributed by atoms with E-state index in [0.717, 1.165) is 10.5 Å². The highest BCUT2D eigenvalue weighted by atomic mass is 32.2. The average Bonchev–Trinajstić information content (AvgIpc) is 2.67. The van der Waals surface area contributed by atoms with Gasteiger partial charge in [0.25, 0.3) is 11.6 Å². The van der Waals surface area contributed by atoms with E-state index in [4.69, 9.17) is 9.47 Å². The molecule has 8 nitrogen and oxygen atoms in total. The fourth-order valence-corrected chi connectivity index (χ4v) is 3.08. The molecule has 9 heteroatoms. The summed E-state index contributed by atoms with van der Waals surface area (Å²) in [6, 6.07) is 11.5. The number of nitrogens with zero attached hydrogens (tertiary/aromatic N) is 1. The van der Waals surface area contributed by atoms with Gasteiger partial charge in [0.05, 0.1) is 29.5 Å². The van der Waals surface area contributed by atoms with Crippen LogP contribution in [0.2, 0.25) is 0 Å². The molecule has 0 aliphatic rings. The number of ether oxygens (including phenoxy) is 2. The third-order valence-electron chi connectivity index (χ3n) is 3.77. The molecule has 28 heavy (non-hydrogen) atoms. The molecule has 0 aliphatic heterocycles. The Morgan fingerprint density at radius 1 is 1.25 bits per heavy atom. The zero-order valence-electron chi connectivity index (χ0n) is 15.6. The second-order valence-corrected chi connectivity index (χ2v) is 6.83. The molecule has 0 fully saturated rings. The van der Waals surface area contributed by atoms with Crippen molar-refractivity contribution in [1.29, 1.82) is 0 Å². The van der Waals surface area contributed by atoms with Crippen molar-refractivity contribution in [2.45, 2.75) is 24.8 Å². The van der Waals surface area contributed by atoms with Gasteiger partial charge in [0.1, 0.15) is 5.75 Å². The lowest BCUT2D eigenvalue weighted by atomic mass is 10.2. The van der Waals surface area contributed by atoms with E-state index in [1.165, 1.54) is 44.0 Å². The number of methoxy groups -OCH3 is 1. The Bertz CT molecular complexity index is 886. The van der Waals surface area contributed by atoms with E-state index in [1.807, 2.05) is 31.2 Å². The van der Waals surface area contributed by atoms with Crippen LogP contribution in [-0.2, 0) is 14.3 Å². The van der Waals surface area contributed by atoms with E-state index in [0.29, 0.717) is 0 Å². The van der Waals surface area contributed by atoms with E-state index < -0.39 is 22.9 Å². The highest BCUT2D eigenvalue weighted by molar-refractivity contribution is 8.00. The Morgan fingerprint density at radius 3 is 2.61 bits per heavy atom. The summed E-state index contributed by atoms with van der Waals surface area (Å²) in [4.78, 5) is 35.5. The van der Waals surface area contributed by atoms with Crippen molar-refractivity contribution in [3.63, 3.8) is 0 Å². The van der Waals surface area contributed by atoms with Gasteiger partial charge in [-0.25, -0.2) is 0 Å². The number of thioether (sulfide) groups is 1. The van der Waals surface area contributed by atoms with Crippen LogP contribution < -0.4 is 10.1 Å². The first-order chi connectivity index (χ1) is 13.3. The molecule has 2 rings (SSSR count). The van der Waals surface area contributed by atoms with Crippen LogP contribution in [0.5, 0.6) is 5.75 Å². The summed E-state index contributed by atoms with van der Waals surface area (Å²) in [5.41, 5.74) is 1.13. The predicted octanol–water partition coefficient (Wildman–Crippen LogP) is 3.57. The molecule has 0 unspecified atom stereocenters. The minimum Gasteiger partial charge on any atom is -0.494 e. The molecule has 0 saturated heterocycles. The molecule has 148 valence electrons. The molecule has 0 spiro atoms. The van der Waals surface area contributed by atoms with Gasteiger partial charge in [0, 0.05) is 11.0 Å². The standard InChI is InChI=1S/C19H20N2O6S/c1-12-6-4-5-7-17(12)28-11-18(22)27-13(2)19(23)20-15-9-8-14(21(24)25)10-16(15)26-3/h4-10,13H,11H2,1-3H3,(H,20,23)/t13-/m1/s1. The topological polar surface area (TPSA) is 108 Å². The third kappa shape index (κ3) is 5.71. The number of carbonyl (C=O) groups excluding carboxylic acids is 2. The van der Waals surface area contributed by atoms with Crippen LogP contribution in [0, 0.1) is 17.0 Å². The molecule has 0 heterocycles. The maximum absolute atomic E-state index is 12.3. The Labute approximate surface area is 166 Å². The molecule has 0 saturated carbocycles. The summed E-state index contributed by atoms with van der Waals surface area (Å²) < 4.78 is 10.2. The molecule has 0 bridgehead atoms. The summed E-state index contributed by atoms with van der Waals surface area (Å²) >= 11 is 1.33. The van der Waals surface area contributed by atoms with Crippen LogP contribution in [-0.4, -0.2) is 35.8 Å². The normalized spacial score (nSPS) is 11.4. The van der Waals surface area contributed by atoms with Crippen molar-refractivity contribution in [2.75, 3.05) is 18.2 Å². The van der Waals surface area contributed by atoms with Crippen molar-refractivity contribution in [3.05, 3.63) is 58.1 Å². The summed E-state index contributed by atoms with van der Waals surface area (Å²) in [6.45, 7) is 3.39. The number of hydrogen-bond acceptors (Lipinski definition) is 7. The number of nitro benzene ring substituents is 1. The molecule has 0 radical (unpaired) electrons. The second kappa shape index (κ2) is 9.75. The van der Waals surface area contributed by atoms with Gasteiger partial charge in [-0.2, -0.15) is 0 Å². The zero-order chi connectivity index (χ0) is 20.7. The number of anilines is 1. The number of carbonyl (C=O) groups is 2. The largest absolute Gasteiger partial charge is 0.494 e. The first-order valence-electron chi connectivity index (χ1n) is 8.33. The van der Waals surface area contributed by atoms with Crippen molar-refractivity contribution in [1.82, 2.24) is 0 Å². The van der Waals surface area contributed by atoms with E-state index in [-0.39, 0.29) is 22.9 Å². The molecule has 0 aliphatic carbocycles. The van der Waals surface area contributed by atoms with Crippen molar-refractivity contribution < 1.29 is 24.0 Å². The Kier molecular flexibility index (Phi) is 7.39. The minimum atomic E-state index is -1.04. The molecular weight excluding hydrogens is 384 g/mol. The number of nitro groups is 1. The predicted molar refractivity (Wildman–Crippen MR) is 106 cm³/mol. The van der Waals surface area contributed by atoms with Gasteiger partial charge >= 0.3 is 5.97 Å². The fraction of sp³-hybridized carbons (Fsp3) is 0.263. The first-order valence-corrected chi connectivity index (χ1v) is 9.31. The molecular formula is C19H20N2O6S. The highest BCUT2D eigenvalue weighted by Crippen LogP contribution is 2.29. The molecule has 2 aromatic rings. The minimum absolute atomic E-state index is 0.0727. The molecule has 1 N–H and O–H groups in total.